The zero-order valence-corrected chi connectivity index (χ0v) is 18.1. The maximum absolute atomic E-state index is 14.8. The summed E-state index contributed by atoms with van der Waals surface area (Å²) in [6, 6.07) is 3.01. The largest absolute Gasteiger partial charge is 0.474 e. The van der Waals surface area contributed by atoms with Crippen LogP contribution in [0.15, 0.2) is 24.4 Å². The van der Waals surface area contributed by atoms with Crippen LogP contribution >= 0.6 is 0 Å². The number of carbonyl (C=O) groups excluding carboxylic acids is 1. The molecule has 2 heterocycles. The predicted molar refractivity (Wildman–Crippen MR) is 114 cm³/mol. The van der Waals surface area contributed by atoms with E-state index in [0.29, 0.717) is 17.6 Å². The molecule has 0 aliphatic heterocycles. The van der Waals surface area contributed by atoms with Crippen molar-refractivity contribution in [2.75, 3.05) is 42.8 Å². The number of aromatic nitrogens is 3. The Morgan fingerprint density at radius 3 is 2.76 bits per heavy atom. The first-order chi connectivity index (χ1) is 15.8. The van der Waals surface area contributed by atoms with E-state index in [4.69, 9.17) is 9.47 Å². The standard InChI is InChI=1S/C19H20F3N5O5S/c1-31-6-7-32-19-12-9-11(10-23-17(12)25-26-19)24-18(28)15-13(21)3-4-14(16(15)22)27-33(29,30)8-2-5-20/h3-4,9-10,27H,2,5-8H2,1H3,(H,24,28)(H,23,25,26). The second-order valence-corrected chi connectivity index (χ2v) is 8.53. The van der Waals surface area contributed by atoms with Crippen molar-refractivity contribution in [3.8, 4) is 5.88 Å². The number of benzene rings is 1. The number of H-pyrrole nitrogens is 1. The van der Waals surface area contributed by atoms with Crippen molar-refractivity contribution in [1.29, 1.82) is 0 Å². The van der Waals surface area contributed by atoms with E-state index in [-0.39, 0.29) is 24.6 Å². The van der Waals surface area contributed by atoms with Gasteiger partial charge in [-0.2, -0.15) is 0 Å². The quantitative estimate of drug-likeness (QED) is 0.354. The van der Waals surface area contributed by atoms with Crippen molar-refractivity contribution >= 4 is 38.3 Å². The fraction of sp³-hybridized carbons (Fsp3) is 0.316. The number of ether oxygens (including phenoxy) is 2. The van der Waals surface area contributed by atoms with Gasteiger partial charge in [0, 0.05) is 7.11 Å². The van der Waals surface area contributed by atoms with E-state index in [0.717, 1.165) is 12.1 Å². The number of carbonyl (C=O) groups is 1. The van der Waals surface area contributed by atoms with E-state index in [9.17, 15) is 26.4 Å². The Morgan fingerprint density at radius 1 is 1.24 bits per heavy atom. The topological polar surface area (TPSA) is 135 Å². The van der Waals surface area contributed by atoms with Crippen LogP contribution < -0.4 is 14.8 Å². The highest BCUT2D eigenvalue weighted by Gasteiger charge is 2.23. The Morgan fingerprint density at radius 2 is 2.03 bits per heavy atom. The number of amides is 1. The zero-order chi connectivity index (χ0) is 24.0. The van der Waals surface area contributed by atoms with Gasteiger partial charge in [0.2, 0.25) is 15.9 Å². The average molecular weight is 487 g/mol. The van der Waals surface area contributed by atoms with Gasteiger partial charge in [0.25, 0.3) is 5.91 Å². The Kier molecular flexibility index (Phi) is 7.71. The monoisotopic (exact) mass is 487 g/mol. The molecular weight excluding hydrogens is 467 g/mol. The van der Waals surface area contributed by atoms with Gasteiger partial charge in [0.15, 0.2) is 11.5 Å². The van der Waals surface area contributed by atoms with Crippen LogP contribution in [-0.2, 0) is 14.8 Å². The van der Waals surface area contributed by atoms with Gasteiger partial charge >= 0.3 is 0 Å². The van der Waals surface area contributed by atoms with Crippen LogP contribution in [0.2, 0.25) is 0 Å². The van der Waals surface area contributed by atoms with Crippen LogP contribution in [0.25, 0.3) is 11.0 Å². The first kappa shape index (κ1) is 24.3. The molecule has 1 aromatic carbocycles. The predicted octanol–water partition coefficient (Wildman–Crippen LogP) is 2.61. The number of hydrogen-bond donors (Lipinski definition) is 3. The summed E-state index contributed by atoms with van der Waals surface area (Å²) < 4.78 is 77.4. The van der Waals surface area contributed by atoms with Crippen LogP contribution in [0, 0.1) is 11.6 Å². The summed E-state index contributed by atoms with van der Waals surface area (Å²) in [5.74, 6) is -4.23. The van der Waals surface area contributed by atoms with Crippen molar-refractivity contribution in [3.05, 3.63) is 41.6 Å². The van der Waals surface area contributed by atoms with E-state index < -0.39 is 51.2 Å². The minimum Gasteiger partial charge on any atom is -0.474 e. The van der Waals surface area contributed by atoms with Crippen molar-refractivity contribution in [1.82, 2.24) is 15.2 Å². The molecule has 3 rings (SSSR count). The summed E-state index contributed by atoms with van der Waals surface area (Å²) in [4.78, 5) is 16.7. The molecule has 10 nitrogen and oxygen atoms in total. The molecule has 0 bridgehead atoms. The number of anilines is 2. The number of fused-ring (bicyclic) bond motifs is 1. The lowest BCUT2D eigenvalue weighted by atomic mass is 10.1. The number of rotatable bonds is 11. The SMILES string of the molecule is COCCOc1n[nH]c2ncc(NC(=O)c3c(F)ccc(NS(=O)(=O)CCCF)c3F)cc12. The first-order valence-corrected chi connectivity index (χ1v) is 11.2. The van der Waals surface area contributed by atoms with Gasteiger partial charge in [-0.05, 0) is 24.6 Å². The second kappa shape index (κ2) is 10.5. The zero-order valence-electron chi connectivity index (χ0n) is 17.3. The molecule has 0 aliphatic carbocycles. The molecule has 0 fully saturated rings. The molecule has 0 saturated heterocycles. The Bertz CT molecular complexity index is 1250. The number of halogens is 3. The van der Waals surface area contributed by atoms with E-state index in [1.165, 1.54) is 19.4 Å². The van der Waals surface area contributed by atoms with Gasteiger partial charge in [0.05, 0.1) is 42.0 Å². The van der Waals surface area contributed by atoms with Crippen molar-refractivity contribution < 1.29 is 35.9 Å². The normalized spacial score (nSPS) is 11.5. The average Bonchev–Trinajstić information content (AvgIpc) is 3.17. The van der Waals surface area contributed by atoms with Crippen LogP contribution in [0.1, 0.15) is 16.8 Å². The highest BCUT2D eigenvalue weighted by molar-refractivity contribution is 7.92. The molecule has 0 radical (unpaired) electrons. The highest BCUT2D eigenvalue weighted by Crippen LogP contribution is 2.26. The van der Waals surface area contributed by atoms with Gasteiger partial charge in [-0.25, -0.2) is 22.2 Å². The van der Waals surface area contributed by atoms with Crippen molar-refractivity contribution in [3.63, 3.8) is 0 Å². The molecular formula is C19H20F3N5O5S. The van der Waals surface area contributed by atoms with Crippen LogP contribution in [-0.4, -0.2) is 62.3 Å². The fourth-order valence-electron chi connectivity index (χ4n) is 2.78. The summed E-state index contributed by atoms with van der Waals surface area (Å²) in [6.07, 6.45) is 0.933. The number of aromatic amines is 1. The molecule has 3 N–H and O–H groups in total. The van der Waals surface area contributed by atoms with Crippen molar-refractivity contribution in [2.24, 2.45) is 0 Å². The molecule has 178 valence electrons. The minimum atomic E-state index is -4.09. The number of pyridine rings is 1. The molecule has 3 aromatic rings. The van der Waals surface area contributed by atoms with Gasteiger partial charge in [-0.1, -0.05) is 0 Å². The van der Waals surface area contributed by atoms with Crippen LogP contribution in [0.5, 0.6) is 5.88 Å². The molecule has 0 saturated carbocycles. The third kappa shape index (κ3) is 5.90. The maximum Gasteiger partial charge on any atom is 0.261 e. The molecule has 2 aromatic heterocycles. The lowest BCUT2D eigenvalue weighted by Crippen LogP contribution is -2.21. The van der Waals surface area contributed by atoms with E-state index in [1.54, 1.807) is 0 Å². The number of sulfonamides is 1. The molecule has 14 heteroatoms. The maximum atomic E-state index is 14.8. The molecule has 0 unspecified atom stereocenters. The number of methoxy groups -OCH3 is 1. The molecule has 0 atom stereocenters. The number of hydrogen-bond acceptors (Lipinski definition) is 7. The lowest BCUT2D eigenvalue weighted by molar-refractivity contribution is 0.101. The van der Waals surface area contributed by atoms with E-state index in [2.05, 4.69) is 20.5 Å². The van der Waals surface area contributed by atoms with Crippen LogP contribution in [0.4, 0.5) is 24.5 Å². The highest BCUT2D eigenvalue weighted by atomic mass is 32.2. The second-order valence-electron chi connectivity index (χ2n) is 6.69. The Hall–Kier alpha value is -3.39. The minimum absolute atomic E-state index is 0.0817. The lowest BCUT2D eigenvalue weighted by Gasteiger charge is -2.12. The van der Waals surface area contributed by atoms with Gasteiger partial charge in [-0.3, -0.25) is 19.0 Å². The molecule has 0 spiro atoms. The smallest absolute Gasteiger partial charge is 0.261 e. The van der Waals surface area contributed by atoms with Gasteiger partial charge < -0.3 is 14.8 Å². The summed E-state index contributed by atoms with van der Waals surface area (Å²) in [6.45, 7) is -0.364. The Balaban J connectivity index is 1.84. The number of alkyl halides is 1. The third-order valence-corrected chi connectivity index (χ3v) is 5.65. The third-order valence-electron chi connectivity index (χ3n) is 4.30. The number of nitrogens with zero attached hydrogens (tertiary/aromatic N) is 2. The summed E-state index contributed by atoms with van der Waals surface area (Å²) in [5.41, 5.74) is -1.22. The summed E-state index contributed by atoms with van der Waals surface area (Å²) in [7, 11) is -2.59. The fourth-order valence-corrected chi connectivity index (χ4v) is 3.86. The summed E-state index contributed by atoms with van der Waals surface area (Å²) in [5, 5.41) is 9.31. The Labute approximate surface area is 186 Å². The van der Waals surface area contributed by atoms with Gasteiger partial charge in [-0.15, -0.1) is 5.10 Å². The van der Waals surface area contributed by atoms with Gasteiger partial charge in [0.1, 0.15) is 18.0 Å². The number of nitrogens with one attached hydrogen (secondary N) is 3. The molecule has 1 amide bonds. The van der Waals surface area contributed by atoms with Crippen molar-refractivity contribution in [2.45, 2.75) is 6.42 Å². The molecule has 33 heavy (non-hydrogen) atoms. The first-order valence-electron chi connectivity index (χ1n) is 9.57. The summed E-state index contributed by atoms with van der Waals surface area (Å²) >= 11 is 0. The van der Waals surface area contributed by atoms with Crippen LogP contribution in [0.3, 0.4) is 0 Å². The van der Waals surface area contributed by atoms with E-state index in [1.807, 2.05) is 4.72 Å². The molecule has 0 aliphatic rings. The van der Waals surface area contributed by atoms with E-state index >= 15 is 0 Å².